The van der Waals surface area contributed by atoms with Gasteiger partial charge < -0.3 is 26.0 Å². The van der Waals surface area contributed by atoms with Gasteiger partial charge in [-0.1, -0.05) is 44.9 Å². The molecular weight excluding hydrogens is 384 g/mol. The van der Waals surface area contributed by atoms with Gasteiger partial charge in [0.25, 0.3) is 5.09 Å². The summed E-state index contributed by atoms with van der Waals surface area (Å²) >= 11 is 0. The molecule has 3 unspecified atom stereocenters. The molecule has 8 heteroatoms. The highest BCUT2D eigenvalue weighted by atomic mass is 16.9. The molecule has 3 atom stereocenters. The van der Waals surface area contributed by atoms with Crippen LogP contribution in [0.1, 0.15) is 64.5 Å². The molecule has 0 saturated heterocycles. The molecule has 1 aliphatic carbocycles. The average Bonchev–Trinajstić information content (AvgIpc) is 3.10. The zero-order valence-corrected chi connectivity index (χ0v) is 18.7. The summed E-state index contributed by atoms with van der Waals surface area (Å²) in [5, 5.41) is 15.6. The van der Waals surface area contributed by atoms with E-state index in [1.165, 1.54) is 25.7 Å². The van der Waals surface area contributed by atoms with Crippen LogP contribution >= 0.6 is 0 Å². The molecule has 0 amide bonds. The highest BCUT2D eigenvalue weighted by Crippen LogP contribution is 2.42. The number of hydrogen-bond acceptors (Lipinski definition) is 7. The van der Waals surface area contributed by atoms with Gasteiger partial charge in [0.15, 0.2) is 0 Å². The predicted octanol–water partition coefficient (Wildman–Crippen LogP) is 3.71. The Morgan fingerprint density at radius 1 is 1.30 bits per heavy atom. The van der Waals surface area contributed by atoms with Crippen LogP contribution in [0.25, 0.3) is 0 Å². The Balaban J connectivity index is 0.000000325. The van der Waals surface area contributed by atoms with Crippen LogP contribution in [0.5, 0.6) is 0 Å². The standard InChI is InChI=1S/C11H15N3O4.C11H23N/c12-10(8-15)9-4-1-2-5-11(9)13-6-3-7-18-14(16)17;1-5-9-7-11(3,12-4)8-10(9)6-2/h1-2,4-5,8,10,13H,3,6-7,12H2;9-10,12H,5-8H2,1-4H3. The van der Waals surface area contributed by atoms with Crippen molar-refractivity contribution in [2.45, 2.75) is 64.5 Å². The number of hydrogen-bond donors (Lipinski definition) is 3. The molecular formula is C22H38N4O4. The minimum absolute atomic E-state index is 0.0297. The van der Waals surface area contributed by atoms with Gasteiger partial charge in [0.2, 0.25) is 0 Å². The largest absolute Gasteiger partial charge is 0.385 e. The average molecular weight is 423 g/mol. The van der Waals surface area contributed by atoms with Gasteiger partial charge in [0.1, 0.15) is 6.29 Å². The van der Waals surface area contributed by atoms with E-state index in [0.717, 1.165) is 17.5 Å². The summed E-state index contributed by atoms with van der Waals surface area (Å²) in [6.07, 6.45) is 6.60. The summed E-state index contributed by atoms with van der Waals surface area (Å²) in [5.41, 5.74) is 7.52. The lowest BCUT2D eigenvalue weighted by Crippen LogP contribution is -2.36. The number of anilines is 1. The molecule has 1 aromatic carbocycles. The van der Waals surface area contributed by atoms with E-state index in [2.05, 4.69) is 43.3 Å². The molecule has 0 aromatic heterocycles. The molecule has 170 valence electrons. The molecule has 1 fully saturated rings. The fourth-order valence-electron chi connectivity index (χ4n) is 4.19. The lowest BCUT2D eigenvalue weighted by Gasteiger charge is -2.23. The maximum absolute atomic E-state index is 10.7. The van der Waals surface area contributed by atoms with Crippen LogP contribution in [0, 0.1) is 22.0 Å². The van der Waals surface area contributed by atoms with Gasteiger partial charge >= 0.3 is 0 Å². The Morgan fingerprint density at radius 3 is 2.40 bits per heavy atom. The number of benzene rings is 1. The van der Waals surface area contributed by atoms with Crippen LogP contribution in [-0.2, 0) is 9.63 Å². The van der Waals surface area contributed by atoms with Crippen molar-refractivity contribution in [1.29, 1.82) is 0 Å². The molecule has 4 N–H and O–H groups in total. The highest BCUT2D eigenvalue weighted by molar-refractivity contribution is 5.67. The number of nitrogens with zero attached hydrogens (tertiary/aromatic N) is 1. The number of nitrogens with one attached hydrogen (secondary N) is 2. The monoisotopic (exact) mass is 422 g/mol. The number of para-hydroxylation sites is 1. The molecule has 1 aromatic rings. The summed E-state index contributed by atoms with van der Waals surface area (Å²) in [6.45, 7) is 7.55. The summed E-state index contributed by atoms with van der Waals surface area (Å²) in [5.74, 6) is 1.93. The normalized spacial score (nSPS) is 23.8. The van der Waals surface area contributed by atoms with Gasteiger partial charge in [-0.15, -0.1) is 10.1 Å². The van der Waals surface area contributed by atoms with Gasteiger partial charge in [-0.2, -0.15) is 0 Å². The van der Waals surface area contributed by atoms with E-state index in [9.17, 15) is 14.9 Å². The van der Waals surface area contributed by atoms with Crippen molar-refractivity contribution >= 4 is 12.0 Å². The Kier molecular flexibility index (Phi) is 11.4. The van der Waals surface area contributed by atoms with E-state index in [1.54, 1.807) is 18.2 Å². The first-order valence-electron chi connectivity index (χ1n) is 10.8. The summed E-state index contributed by atoms with van der Waals surface area (Å²) < 4.78 is 0. The summed E-state index contributed by atoms with van der Waals surface area (Å²) in [4.78, 5) is 24.8. The third-order valence-electron chi connectivity index (χ3n) is 6.04. The first-order chi connectivity index (χ1) is 14.3. The lowest BCUT2D eigenvalue weighted by atomic mass is 9.92. The van der Waals surface area contributed by atoms with E-state index in [-0.39, 0.29) is 6.61 Å². The first kappa shape index (κ1) is 25.8. The van der Waals surface area contributed by atoms with E-state index in [1.807, 2.05) is 6.07 Å². The Morgan fingerprint density at radius 2 is 1.90 bits per heavy atom. The molecule has 30 heavy (non-hydrogen) atoms. The minimum Gasteiger partial charge on any atom is -0.385 e. The first-order valence-corrected chi connectivity index (χ1v) is 10.8. The number of rotatable bonds is 11. The second-order valence-electron chi connectivity index (χ2n) is 8.14. The summed E-state index contributed by atoms with van der Waals surface area (Å²) in [7, 11) is 2.10. The molecule has 2 rings (SSSR count). The zero-order chi connectivity index (χ0) is 22.6. The molecule has 1 aliphatic rings. The predicted molar refractivity (Wildman–Crippen MR) is 120 cm³/mol. The topological polar surface area (TPSA) is 120 Å². The molecule has 8 nitrogen and oxygen atoms in total. The van der Waals surface area contributed by atoms with Crippen molar-refractivity contribution in [3.8, 4) is 0 Å². The van der Waals surface area contributed by atoms with E-state index in [4.69, 9.17) is 5.73 Å². The Bertz CT molecular complexity index is 644. The van der Waals surface area contributed by atoms with Crippen molar-refractivity contribution in [3.63, 3.8) is 0 Å². The van der Waals surface area contributed by atoms with Crippen LogP contribution < -0.4 is 16.4 Å². The van der Waals surface area contributed by atoms with Crippen molar-refractivity contribution in [2.75, 3.05) is 25.5 Å². The van der Waals surface area contributed by atoms with Crippen molar-refractivity contribution in [1.82, 2.24) is 5.32 Å². The fraction of sp³-hybridized carbons (Fsp3) is 0.682. The maximum Gasteiger partial charge on any atom is 0.294 e. The molecule has 1 saturated carbocycles. The van der Waals surface area contributed by atoms with E-state index < -0.39 is 11.1 Å². The van der Waals surface area contributed by atoms with Gasteiger partial charge in [-0.3, -0.25) is 0 Å². The highest BCUT2D eigenvalue weighted by Gasteiger charge is 2.38. The number of nitrogens with two attached hydrogens (primary N) is 1. The molecule has 0 spiro atoms. The summed E-state index contributed by atoms with van der Waals surface area (Å²) in [6, 6.07) is 6.49. The number of carbonyl (C=O) groups excluding carboxylic acids is 1. The number of aldehydes is 1. The van der Waals surface area contributed by atoms with E-state index in [0.29, 0.717) is 30.4 Å². The molecule has 0 heterocycles. The molecule has 0 bridgehead atoms. The van der Waals surface area contributed by atoms with Crippen molar-refractivity contribution in [2.24, 2.45) is 17.6 Å². The van der Waals surface area contributed by atoms with Gasteiger partial charge in [-0.25, -0.2) is 0 Å². The zero-order valence-electron chi connectivity index (χ0n) is 18.7. The quantitative estimate of drug-likeness (QED) is 0.215. The van der Waals surface area contributed by atoms with Crippen LogP contribution in [0.2, 0.25) is 0 Å². The second-order valence-corrected chi connectivity index (χ2v) is 8.14. The number of carbonyl (C=O) groups is 1. The smallest absolute Gasteiger partial charge is 0.294 e. The van der Waals surface area contributed by atoms with E-state index >= 15 is 0 Å². The Labute approximate surface area is 180 Å². The van der Waals surface area contributed by atoms with Crippen LogP contribution in [0.15, 0.2) is 24.3 Å². The van der Waals surface area contributed by atoms with Crippen molar-refractivity contribution < 1.29 is 14.7 Å². The van der Waals surface area contributed by atoms with Crippen LogP contribution in [-0.4, -0.2) is 37.1 Å². The Hall–Kier alpha value is -2.19. The molecule has 0 radical (unpaired) electrons. The van der Waals surface area contributed by atoms with Gasteiger partial charge in [0, 0.05) is 17.8 Å². The SMILES string of the molecule is CCC1CC(C)(NC)CC1CC.NC(C=O)c1ccccc1NCCCO[N+](=O)[O-]. The second kappa shape index (κ2) is 13.2. The maximum atomic E-state index is 10.7. The van der Waals surface area contributed by atoms with Crippen LogP contribution in [0.4, 0.5) is 5.69 Å². The minimum atomic E-state index is -0.823. The van der Waals surface area contributed by atoms with Gasteiger partial charge in [0.05, 0.1) is 12.6 Å². The fourth-order valence-corrected chi connectivity index (χ4v) is 4.19. The third kappa shape index (κ3) is 8.28. The lowest BCUT2D eigenvalue weighted by molar-refractivity contribution is -0.757. The third-order valence-corrected chi connectivity index (χ3v) is 6.04. The van der Waals surface area contributed by atoms with Crippen LogP contribution in [0.3, 0.4) is 0 Å². The van der Waals surface area contributed by atoms with Gasteiger partial charge in [-0.05, 0) is 56.7 Å². The molecule has 0 aliphatic heterocycles. The van der Waals surface area contributed by atoms with Crippen molar-refractivity contribution in [3.05, 3.63) is 39.9 Å².